The molecular formula is C55H67ClN2O12. The number of ether oxygens (including phenoxy) is 10. The van der Waals surface area contributed by atoms with Gasteiger partial charge in [0.2, 0.25) is 0 Å². The van der Waals surface area contributed by atoms with Gasteiger partial charge in [0, 0.05) is 34.3 Å². The highest BCUT2D eigenvalue weighted by Crippen LogP contribution is 2.42. The maximum Gasteiger partial charge on any atom is 0.317 e. The Hall–Kier alpha value is -6.67. The summed E-state index contributed by atoms with van der Waals surface area (Å²) < 4.78 is 60.3. The fourth-order valence-corrected chi connectivity index (χ4v) is 8.32. The number of methoxy groups -OCH3 is 4. The summed E-state index contributed by atoms with van der Waals surface area (Å²) in [6, 6.07) is 15.2. The Morgan fingerprint density at radius 2 is 0.871 bits per heavy atom. The maximum atomic E-state index is 13.3. The maximum absolute atomic E-state index is 13.3. The zero-order chi connectivity index (χ0) is 49.8. The van der Waals surface area contributed by atoms with E-state index in [0.717, 1.165) is 66.3 Å². The Morgan fingerprint density at radius 1 is 0.471 bits per heavy atom. The summed E-state index contributed by atoms with van der Waals surface area (Å²) in [6.45, 7) is 15.9. The molecule has 6 rings (SSSR count). The standard InChI is InChI=1S/C55H66N2O12.ClH/c1-13-34-21-36(42(15-3)54(52(34)62-11)66-30-38-26-56-46-19-17-40(60-9)23-44(46)50(38)68-32(5)6)28-64-48(58)25-49(59)65-29-37-22-35(14-2)53(63-12)55(43(37)16-4)67-31-39-27-57-47-20-18-41(61-10)24-45(47)51(39)69-33(7)8;/h17-24,26-27,32-33H,13-16,25,28-31H2,1-12H3;1H. The van der Waals surface area contributed by atoms with Gasteiger partial charge in [-0.15, -0.1) is 12.4 Å². The number of fused-ring (bicyclic) bond motifs is 2. The molecule has 0 bridgehead atoms. The number of aromatic nitrogens is 2. The smallest absolute Gasteiger partial charge is 0.317 e. The highest BCUT2D eigenvalue weighted by Gasteiger charge is 2.25. The van der Waals surface area contributed by atoms with Crippen LogP contribution in [0.15, 0.2) is 60.9 Å². The summed E-state index contributed by atoms with van der Waals surface area (Å²) in [5.74, 6) is 3.47. The van der Waals surface area contributed by atoms with E-state index in [9.17, 15) is 9.59 Å². The van der Waals surface area contributed by atoms with Crippen LogP contribution in [0.3, 0.4) is 0 Å². The van der Waals surface area contributed by atoms with Gasteiger partial charge in [0.1, 0.15) is 55.8 Å². The number of carbonyl (C=O) groups excluding carboxylic acids is 2. The Kier molecular flexibility index (Phi) is 19.6. The van der Waals surface area contributed by atoms with Crippen molar-refractivity contribution in [3.8, 4) is 46.0 Å². The van der Waals surface area contributed by atoms with Gasteiger partial charge in [-0.25, -0.2) is 0 Å². The van der Waals surface area contributed by atoms with Crippen LogP contribution in [0.2, 0.25) is 0 Å². The summed E-state index contributed by atoms with van der Waals surface area (Å²) in [5.41, 5.74) is 7.83. The van der Waals surface area contributed by atoms with Gasteiger partial charge < -0.3 is 47.4 Å². The van der Waals surface area contributed by atoms with Crippen LogP contribution >= 0.6 is 12.4 Å². The zero-order valence-electron chi connectivity index (χ0n) is 42.5. The van der Waals surface area contributed by atoms with Gasteiger partial charge >= 0.3 is 11.9 Å². The molecule has 0 radical (unpaired) electrons. The SMILES string of the molecule is CCc1cc(COC(=O)CC(=O)OCc2cc(CC)c(OC)c(OCc3cnc4ccc(OC)cc4c3OC(C)C)c2CC)c(CC)c(OCc2cnc3ccc(OC)cc3c2OC(C)C)c1OC.Cl. The number of hydrogen-bond donors (Lipinski definition) is 0. The van der Waals surface area contributed by atoms with Crippen molar-refractivity contribution in [1.82, 2.24) is 9.97 Å². The topological polar surface area (TPSA) is 152 Å². The number of halogens is 1. The molecule has 2 aromatic heterocycles. The molecule has 0 fully saturated rings. The summed E-state index contributed by atoms with van der Waals surface area (Å²) in [6.07, 6.45) is 5.03. The van der Waals surface area contributed by atoms with Crippen molar-refractivity contribution in [2.45, 2.75) is 126 Å². The van der Waals surface area contributed by atoms with Gasteiger partial charge in [-0.1, -0.05) is 27.7 Å². The predicted molar refractivity (Wildman–Crippen MR) is 272 cm³/mol. The van der Waals surface area contributed by atoms with Crippen molar-refractivity contribution < 1.29 is 57.0 Å². The van der Waals surface area contributed by atoms with Crippen LogP contribution in [0.4, 0.5) is 0 Å². The van der Waals surface area contributed by atoms with Crippen molar-refractivity contribution in [2.24, 2.45) is 0 Å². The van der Waals surface area contributed by atoms with E-state index in [1.165, 1.54) is 0 Å². The highest BCUT2D eigenvalue weighted by atomic mass is 35.5. The lowest BCUT2D eigenvalue weighted by molar-refractivity contribution is -0.156. The minimum absolute atomic E-state index is 0. The van der Waals surface area contributed by atoms with Crippen molar-refractivity contribution in [2.75, 3.05) is 28.4 Å². The summed E-state index contributed by atoms with van der Waals surface area (Å²) in [7, 11) is 6.45. The summed E-state index contributed by atoms with van der Waals surface area (Å²) in [4.78, 5) is 36.0. The third kappa shape index (κ3) is 12.6. The number of carbonyl (C=O) groups is 2. The van der Waals surface area contributed by atoms with Crippen LogP contribution in [-0.4, -0.2) is 62.6 Å². The lowest BCUT2D eigenvalue weighted by Crippen LogP contribution is -2.16. The molecule has 2 heterocycles. The van der Waals surface area contributed by atoms with Gasteiger partial charge in [0.25, 0.3) is 0 Å². The van der Waals surface area contributed by atoms with Crippen molar-refractivity contribution in [3.05, 3.63) is 105 Å². The molecule has 15 heteroatoms. The van der Waals surface area contributed by atoms with Gasteiger partial charge in [-0.3, -0.25) is 19.6 Å². The normalized spacial score (nSPS) is 11.1. The Balaban J connectivity index is 0.00000913. The van der Waals surface area contributed by atoms with Crippen LogP contribution < -0.4 is 37.9 Å². The molecular weight excluding hydrogens is 916 g/mol. The number of hydrogen-bond acceptors (Lipinski definition) is 14. The molecule has 0 saturated heterocycles. The first-order chi connectivity index (χ1) is 33.3. The van der Waals surface area contributed by atoms with Gasteiger partial charge in [-0.05, 0) is 124 Å². The van der Waals surface area contributed by atoms with Gasteiger partial charge in [-0.2, -0.15) is 0 Å². The quantitative estimate of drug-likeness (QED) is 0.0417. The number of esters is 2. The van der Waals surface area contributed by atoms with Gasteiger partial charge in [0.05, 0.1) is 62.8 Å². The second-order valence-corrected chi connectivity index (χ2v) is 16.9. The van der Waals surface area contributed by atoms with E-state index in [-0.39, 0.29) is 51.0 Å². The third-order valence-electron chi connectivity index (χ3n) is 11.6. The molecule has 0 saturated carbocycles. The van der Waals surface area contributed by atoms with E-state index in [1.54, 1.807) is 40.8 Å². The van der Waals surface area contributed by atoms with Crippen LogP contribution in [0.5, 0.6) is 46.0 Å². The number of aryl methyl sites for hydroxylation is 2. The molecule has 0 atom stereocenters. The monoisotopic (exact) mass is 982 g/mol. The van der Waals surface area contributed by atoms with Crippen molar-refractivity contribution in [1.29, 1.82) is 0 Å². The van der Waals surface area contributed by atoms with E-state index in [0.29, 0.717) is 71.7 Å². The Morgan fingerprint density at radius 3 is 1.20 bits per heavy atom. The van der Waals surface area contributed by atoms with Crippen LogP contribution in [-0.2, 0) is 71.2 Å². The fraction of sp³-hybridized carbons (Fsp3) is 0.418. The average Bonchev–Trinajstić information content (AvgIpc) is 3.35. The lowest BCUT2D eigenvalue weighted by atomic mass is 9.98. The molecule has 0 N–H and O–H groups in total. The van der Waals surface area contributed by atoms with E-state index < -0.39 is 18.4 Å². The first-order valence-corrected chi connectivity index (χ1v) is 23.6. The molecule has 0 amide bonds. The molecule has 0 unspecified atom stereocenters. The largest absolute Gasteiger partial charge is 0.497 e. The minimum atomic E-state index is -0.726. The fourth-order valence-electron chi connectivity index (χ4n) is 8.32. The molecule has 0 spiro atoms. The number of pyridine rings is 2. The average molecular weight is 984 g/mol. The van der Waals surface area contributed by atoms with E-state index in [2.05, 4.69) is 9.97 Å². The summed E-state index contributed by atoms with van der Waals surface area (Å²) >= 11 is 0. The van der Waals surface area contributed by atoms with E-state index in [1.807, 2.05) is 104 Å². The molecule has 6 aromatic rings. The Bertz CT molecular complexity index is 2590. The second kappa shape index (κ2) is 25.3. The molecule has 70 heavy (non-hydrogen) atoms. The van der Waals surface area contributed by atoms with Crippen LogP contribution in [0.25, 0.3) is 21.8 Å². The lowest BCUT2D eigenvalue weighted by Gasteiger charge is -2.22. The number of benzene rings is 4. The zero-order valence-corrected chi connectivity index (χ0v) is 43.3. The van der Waals surface area contributed by atoms with Crippen LogP contribution in [0, 0.1) is 0 Å². The highest BCUT2D eigenvalue weighted by molar-refractivity contribution is 5.91. The molecule has 0 aliphatic rings. The summed E-state index contributed by atoms with van der Waals surface area (Å²) in [5, 5.41) is 1.61. The first kappa shape index (κ1) is 54.3. The van der Waals surface area contributed by atoms with Crippen molar-refractivity contribution in [3.63, 3.8) is 0 Å². The van der Waals surface area contributed by atoms with E-state index >= 15 is 0 Å². The first-order valence-electron chi connectivity index (χ1n) is 23.6. The van der Waals surface area contributed by atoms with Gasteiger partial charge in [0.15, 0.2) is 23.0 Å². The van der Waals surface area contributed by atoms with E-state index in [4.69, 9.17) is 47.4 Å². The molecule has 0 aliphatic carbocycles. The predicted octanol–water partition coefficient (Wildman–Crippen LogP) is 11.4. The number of rotatable bonds is 24. The second-order valence-electron chi connectivity index (χ2n) is 16.9. The molecule has 376 valence electrons. The number of nitrogens with zero attached hydrogens (tertiary/aromatic N) is 2. The molecule has 14 nitrogen and oxygen atoms in total. The molecule has 4 aromatic carbocycles. The third-order valence-corrected chi connectivity index (χ3v) is 11.6. The molecule has 0 aliphatic heterocycles. The Labute approximate surface area is 417 Å². The van der Waals surface area contributed by atoms with Crippen LogP contribution in [0.1, 0.15) is 106 Å². The van der Waals surface area contributed by atoms with Crippen molar-refractivity contribution >= 4 is 46.2 Å². The minimum Gasteiger partial charge on any atom is -0.497 e.